The zero-order valence-corrected chi connectivity index (χ0v) is 12.6. The summed E-state index contributed by atoms with van der Waals surface area (Å²) < 4.78 is 19.3. The van der Waals surface area contributed by atoms with E-state index in [4.69, 9.17) is 4.74 Å². The average Bonchev–Trinajstić information content (AvgIpc) is 2.93. The van der Waals surface area contributed by atoms with Gasteiger partial charge in [-0.25, -0.2) is 9.37 Å². The lowest BCUT2D eigenvalue weighted by Crippen LogP contribution is -2.24. The molecule has 1 aliphatic heterocycles. The Labute approximate surface area is 129 Å². The molecule has 1 amide bonds. The van der Waals surface area contributed by atoms with Crippen molar-refractivity contribution in [3.05, 3.63) is 57.6 Å². The molecule has 1 aromatic carbocycles. The molecule has 0 saturated heterocycles. The second-order valence-electron chi connectivity index (χ2n) is 4.70. The molecule has 0 saturated carbocycles. The van der Waals surface area contributed by atoms with Crippen molar-refractivity contribution in [3.63, 3.8) is 0 Å². The van der Waals surface area contributed by atoms with Crippen molar-refractivity contribution in [1.29, 1.82) is 0 Å². The summed E-state index contributed by atoms with van der Waals surface area (Å²) in [5.41, 5.74) is 2.23. The number of fused-ring (bicyclic) bond motifs is 1. The largest absolute Gasteiger partial charge is 0.493 e. The van der Waals surface area contributed by atoms with Crippen molar-refractivity contribution in [2.75, 3.05) is 6.61 Å². The van der Waals surface area contributed by atoms with Gasteiger partial charge in [-0.3, -0.25) is 4.79 Å². The number of benzene rings is 1. The molecule has 1 aromatic heterocycles. The molecule has 2 aromatic rings. The Morgan fingerprint density at radius 3 is 3.05 bits per heavy atom. The number of carbonyl (C=O) groups excluding carboxylic acids is 1. The van der Waals surface area contributed by atoms with Gasteiger partial charge < -0.3 is 10.1 Å². The van der Waals surface area contributed by atoms with Gasteiger partial charge in [-0.15, -0.1) is 0 Å². The number of carbonyl (C=O) groups is 1. The fraction of sp³-hybridized carbons (Fsp3) is 0.200. The van der Waals surface area contributed by atoms with Gasteiger partial charge in [0.15, 0.2) is 0 Å². The second kappa shape index (κ2) is 5.81. The van der Waals surface area contributed by atoms with Crippen LogP contribution in [0.4, 0.5) is 4.39 Å². The highest BCUT2D eigenvalue weighted by atomic mass is 79.9. The number of hydrogen-bond acceptors (Lipinski definition) is 3. The van der Waals surface area contributed by atoms with Gasteiger partial charge in [-0.1, -0.05) is 15.9 Å². The van der Waals surface area contributed by atoms with E-state index in [2.05, 4.69) is 26.2 Å². The van der Waals surface area contributed by atoms with Crippen LogP contribution in [0, 0.1) is 5.82 Å². The number of ether oxygens (including phenoxy) is 1. The minimum absolute atomic E-state index is 0.184. The second-order valence-corrected chi connectivity index (χ2v) is 5.61. The molecule has 4 nitrogen and oxygen atoms in total. The predicted octanol–water partition coefficient (Wildman–Crippen LogP) is 2.85. The summed E-state index contributed by atoms with van der Waals surface area (Å²) in [4.78, 5) is 15.7. The summed E-state index contributed by atoms with van der Waals surface area (Å²) >= 11 is 3.45. The minimum atomic E-state index is -0.468. The van der Waals surface area contributed by atoms with Crippen LogP contribution in [0.1, 0.15) is 21.6 Å². The van der Waals surface area contributed by atoms with Gasteiger partial charge in [0, 0.05) is 23.0 Å². The number of pyridine rings is 1. The standard InChI is InChI=1S/C15H12BrFN2O2/c16-11-5-9-3-4-21-14(9)10(6-11)7-19-15(20)13-2-1-12(17)8-18-13/h1-2,5-6,8H,3-4,7H2,(H,19,20). The van der Waals surface area contributed by atoms with Gasteiger partial charge in [0.2, 0.25) is 0 Å². The smallest absolute Gasteiger partial charge is 0.270 e. The zero-order chi connectivity index (χ0) is 14.8. The van der Waals surface area contributed by atoms with Crippen LogP contribution in [-0.2, 0) is 13.0 Å². The van der Waals surface area contributed by atoms with E-state index < -0.39 is 5.82 Å². The van der Waals surface area contributed by atoms with Crippen molar-refractivity contribution < 1.29 is 13.9 Å². The molecule has 0 atom stereocenters. The number of rotatable bonds is 3. The lowest BCUT2D eigenvalue weighted by atomic mass is 10.1. The maximum absolute atomic E-state index is 12.8. The lowest BCUT2D eigenvalue weighted by molar-refractivity contribution is 0.0945. The Kier molecular flexibility index (Phi) is 3.88. The Morgan fingerprint density at radius 2 is 2.29 bits per heavy atom. The van der Waals surface area contributed by atoms with E-state index in [1.54, 1.807) is 0 Å². The highest BCUT2D eigenvalue weighted by molar-refractivity contribution is 9.10. The summed E-state index contributed by atoms with van der Waals surface area (Å²) in [5.74, 6) is 0.0250. The lowest BCUT2D eigenvalue weighted by Gasteiger charge is -2.10. The summed E-state index contributed by atoms with van der Waals surface area (Å²) in [7, 11) is 0. The molecule has 1 N–H and O–H groups in total. The molecule has 0 bridgehead atoms. The number of halogens is 2. The topological polar surface area (TPSA) is 51.2 Å². The first kappa shape index (κ1) is 14.0. The molecule has 2 heterocycles. The first-order chi connectivity index (χ1) is 10.1. The number of nitrogens with one attached hydrogen (secondary N) is 1. The van der Waals surface area contributed by atoms with E-state index >= 15 is 0 Å². The molecular formula is C15H12BrFN2O2. The van der Waals surface area contributed by atoms with Crippen LogP contribution in [0.25, 0.3) is 0 Å². The molecule has 6 heteroatoms. The fourth-order valence-corrected chi connectivity index (χ4v) is 2.81. The molecule has 108 valence electrons. The molecule has 0 fully saturated rings. The van der Waals surface area contributed by atoms with Gasteiger partial charge in [-0.2, -0.15) is 0 Å². The highest BCUT2D eigenvalue weighted by Crippen LogP contribution is 2.32. The Bertz CT molecular complexity index is 689. The van der Waals surface area contributed by atoms with Gasteiger partial charge in [0.1, 0.15) is 17.3 Å². The zero-order valence-electron chi connectivity index (χ0n) is 11.0. The molecule has 1 aliphatic rings. The van der Waals surface area contributed by atoms with Crippen LogP contribution in [0.15, 0.2) is 34.9 Å². The minimum Gasteiger partial charge on any atom is -0.493 e. The van der Waals surface area contributed by atoms with Crippen LogP contribution < -0.4 is 10.1 Å². The first-order valence-corrected chi connectivity index (χ1v) is 7.26. The maximum atomic E-state index is 12.8. The van der Waals surface area contributed by atoms with Crippen LogP contribution in [0.5, 0.6) is 5.75 Å². The van der Waals surface area contributed by atoms with Gasteiger partial charge in [0.25, 0.3) is 5.91 Å². The van der Waals surface area contributed by atoms with E-state index in [0.29, 0.717) is 13.2 Å². The summed E-state index contributed by atoms with van der Waals surface area (Å²) in [5, 5.41) is 2.77. The Hall–Kier alpha value is -1.95. The van der Waals surface area contributed by atoms with E-state index in [9.17, 15) is 9.18 Å². The summed E-state index contributed by atoms with van der Waals surface area (Å²) in [6.07, 6.45) is 1.89. The summed E-state index contributed by atoms with van der Waals surface area (Å²) in [6.45, 7) is 0.992. The molecular weight excluding hydrogens is 339 g/mol. The third kappa shape index (κ3) is 3.05. The fourth-order valence-electron chi connectivity index (χ4n) is 2.25. The van der Waals surface area contributed by atoms with E-state index in [-0.39, 0.29) is 11.6 Å². The third-order valence-corrected chi connectivity index (χ3v) is 3.68. The predicted molar refractivity (Wildman–Crippen MR) is 78.7 cm³/mol. The molecule has 0 spiro atoms. The Morgan fingerprint density at radius 1 is 1.43 bits per heavy atom. The van der Waals surface area contributed by atoms with Gasteiger partial charge in [0.05, 0.1) is 12.8 Å². The van der Waals surface area contributed by atoms with E-state index in [1.807, 2.05) is 12.1 Å². The molecule has 0 aliphatic carbocycles. The normalized spacial score (nSPS) is 12.7. The molecule has 0 radical (unpaired) electrons. The van der Waals surface area contributed by atoms with Crippen LogP contribution in [0.3, 0.4) is 0 Å². The number of amides is 1. The number of aromatic nitrogens is 1. The van der Waals surface area contributed by atoms with E-state index in [1.165, 1.54) is 12.1 Å². The molecule has 21 heavy (non-hydrogen) atoms. The monoisotopic (exact) mass is 350 g/mol. The van der Waals surface area contributed by atoms with Crippen molar-refractivity contribution in [1.82, 2.24) is 10.3 Å². The van der Waals surface area contributed by atoms with Crippen molar-refractivity contribution in [3.8, 4) is 5.75 Å². The number of nitrogens with zero attached hydrogens (tertiary/aromatic N) is 1. The third-order valence-electron chi connectivity index (χ3n) is 3.22. The van der Waals surface area contributed by atoms with Crippen LogP contribution >= 0.6 is 15.9 Å². The average molecular weight is 351 g/mol. The van der Waals surface area contributed by atoms with Gasteiger partial charge in [-0.05, 0) is 29.8 Å². The van der Waals surface area contributed by atoms with Crippen molar-refractivity contribution in [2.24, 2.45) is 0 Å². The molecule has 3 rings (SSSR count). The first-order valence-electron chi connectivity index (χ1n) is 6.47. The Balaban J connectivity index is 1.73. The maximum Gasteiger partial charge on any atom is 0.270 e. The van der Waals surface area contributed by atoms with Crippen LogP contribution in [-0.4, -0.2) is 17.5 Å². The van der Waals surface area contributed by atoms with Gasteiger partial charge >= 0.3 is 0 Å². The van der Waals surface area contributed by atoms with Crippen molar-refractivity contribution in [2.45, 2.75) is 13.0 Å². The van der Waals surface area contributed by atoms with Crippen LogP contribution in [0.2, 0.25) is 0 Å². The highest BCUT2D eigenvalue weighted by Gasteiger charge is 2.18. The molecule has 0 unspecified atom stereocenters. The van der Waals surface area contributed by atoms with Crippen molar-refractivity contribution >= 4 is 21.8 Å². The number of hydrogen-bond donors (Lipinski definition) is 1. The van der Waals surface area contributed by atoms with E-state index in [0.717, 1.165) is 34.0 Å². The summed E-state index contributed by atoms with van der Waals surface area (Å²) in [6, 6.07) is 6.51. The quantitative estimate of drug-likeness (QED) is 0.925. The SMILES string of the molecule is O=C(NCc1cc(Br)cc2c1OCC2)c1ccc(F)cn1.